The topological polar surface area (TPSA) is 54.5 Å². The summed E-state index contributed by atoms with van der Waals surface area (Å²) in [5, 5.41) is 3.12. The summed E-state index contributed by atoms with van der Waals surface area (Å²) in [4.78, 5) is 18.0. The molecule has 0 spiro atoms. The number of rotatable bonds is 5. The van der Waals surface area contributed by atoms with Gasteiger partial charge in [0, 0.05) is 19.3 Å². The van der Waals surface area contributed by atoms with Crippen LogP contribution in [0.5, 0.6) is 5.88 Å². The second-order valence-corrected chi connectivity index (χ2v) is 4.96. The molecule has 1 saturated heterocycles. The maximum atomic E-state index is 12.0. The van der Waals surface area contributed by atoms with Gasteiger partial charge in [0.2, 0.25) is 11.8 Å². The molecule has 0 bridgehead atoms. The maximum Gasteiger partial charge on any atom is 0.241 e. The number of hydrogen-bond donors (Lipinski definition) is 1. The fourth-order valence-electron chi connectivity index (χ4n) is 2.09. The number of anilines is 1. The Morgan fingerprint density at radius 2 is 2.21 bits per heavy atom. The Balaban J connectivity index is 1.93. The molecule has 1 aromatic heterocycles. The van der Waals surface area contributed by atoms with Crippen molar-refractivity contribution in [3.63, 3.8) is 0 Å². The van der Waals surface area contributed by atoms with Crippen LogP contribution in [0.2, 0.25) is 0 Å². The minimum absolute atomic E-state index is 0.0599. The van der Waals surface area contributed by atoms with Crippen molar-refractivity contribution in [1.29, 1.82) is 0 Å². The molecule has 1 aliphatic rings. The first kappa shape index (κ1) is 13.6. The van der Waals surface area contributed by atoms with E-state index in [1.807, 2.05) is 30.9 Å². The van der Waals surface area contributed by atoms with Crippen molar-refractivity contribution in [2.45, 2.75) is 32.8 Å². The van der Waals surface area contributed by atoms with Gasteiger partial charge in [-0.1, -0.05) is 0 Å². The van der Waals surface area contributed by atoms with Crippen LogP contribution in [0, 0.1) is 0 Å². The van der Waals surface area contributed by atoms with Gasteiger partial charge in [-0.2, -0.15) is 0 Å². The molecule has 1 amide bonds. The minimum Gasteiger partial charge on any atom is -0.473 e. The molecule has 2 rings (SSSR count). The second-order valence-electron chi connectivity index (χ2n) is 4.96. The molecule has 1 N–H and O–H groups in total. The number of nitrogens with one attached hydrogen (secondary N) is 1. The lowest BCUT2D eigenvalue weighted by Gasteiger charge is -2.17. The highest BCUT2D eigenvalue weighted by molar-refractivity contribution is 5.81. The molecule has 2 heterocycles. The first-order chi connectivity index (χ1) is 9.16. The van der Waals surface area contributed by atoms with Crippen LogP contribution in [0.4, 0.5) is 5.69 Å². The third kappa shape index (κ3) is 3.84. The quantitative estimate of drug-likeness (QED) is 0.881. The average molecular weight is 263 g/mol. The first-order valence-corrected chi connectivity index (χ1v) is 6.80. The highest BCUT2D eigenvalue weighted by Gasteiger charge is 2.18. The number of aromatic nitrogens is 1. The highest BCUT2D eigenvalue weighted by Crippen LogP contribution is 2.21. The summed E-state index contributed by atoms with van der Waals surface area (Å²) in [7, 11) is 0. The van der Waals surface area contributed by atoms with Crippen molar-refractivity contribution in [2.24, 2.45) is 0 Å². The molecule has 5 heteroatoms. The van der Waals surface area contributed by atoms with E-state index in [4.69, 9.17) is 4.74 Å². The molecular formula is C14H21N3O2. The summed E-state index contributed by atoms with van der Waals surface area (Å²) in [6.45, 7) is 5.95. The van der Waals surface area contributed by atoms with Crippen LogP contribution in [0.25, 0.3) is 0 Å². The summed E-state index contributed by atoms with van der Waals surface area (Å²) < 4.78 is 5.60. The van der Waals surface area contributed by atoms with E-state index in [9.17, 15) is 4.79 Å². The summed E-state index contributed by atoms with van der Waals surface area (Å²) in [5.41, 5.74) is 0.767. The average Bonchev–Trinajstić information content (AvgIpc) is 2.90. The van der Waals surface area contributed by atoms with Crippen LogP contribution >= 0.6 is 0 Å². The zero-order chi connectivity index (χ0) is 13.7. The van der Waals surface area contributed by atoms with Gasteiger partial charge in [-0.3, -0.25) is 4.79 Å². The molecule has 0 unspecified atom stereocenters. The van der Waals surface area contributed by atoms with E-state index in [-0.39, 0.29) is 12.0 Å². The van der Waals surface area contributed by atoms with Crippen LogP contribution in [0.1, 0.15) is 26.7 Å². The number of pyridine rings is 1. The van der Waals surface area contributed by atoms with Crippen molar-refractivity contribution in [2.75, 3.05) is 25.0 Å². The lowest BCUT2D eigenvalue weighted by molar-refractivity contribution is -0.128. The molecule has 1 fully saturated rings. The van der Waals surface area contributed by atoms with Crippen LogP contribution in [-0.4, -0.2) is 41.5 Å². The van der Waals surface area contributed by atoms with Gasteiger partial charge >= 0.3 is 0 Å². The Morgan fingerprint density at radius 3 is 2.89 bits per heavy atom. The molecule has 0 radical (unpaired) electrons. The van der Waals surface area contributed by atoms with Gasteiger partial charge in [0.15, 0.2) is 0 Å². The fraction of sp³-hybridized carbons (Fsp3) is 0.571. The zero-order valence-corrected chi connectivity index (χ0v) is 11.6. The van der Waals surface area contributed by atoms with Crippen LogP contribution in [0.3, 0.4) is 0 Å². The van der Waals surface area contributed by atoms with E-state index >= 15 is 0 Å². The van der Waals surface area contributed by atoms with E-state index in [1.165, 1.54) is 0 Å². The predicted molar refractivity (Wildman–Crippen MR) is 74.3 cm³/mol. The number of ether oxygens (including phenoxy) is 1. The Kier molecular flexibility index (Phi) is 4.60. The second kappa shape index (κ2) is 6.41. The summed E-state index contributed by atoms with van der Waals surface area (Å²) in [5.74, 6) is 0.684. The van der Waals surface area contributed by atoms with Crippen LogP contribution < -0.4 is 10.1 Å². The van der Waals surface area contributed by atoms with Gasteiger partial charge in [0.25, 0.3) is 0 Å². The molecule has 0 atom stereocenters. The molecule has 0 saturated carbocycles. The van der Waals surface area contributed by atoms with Gasteiger partial charge in [-0.25, -0.2) is 4.98 Å². The van der Waals surface area contributed by atoms with Crippen molar-refractivity contribution >= 4 is 11.6 Å². The number of carbonyl (C=O) groups is 1. The Labute approximate surface area is 114 Å². The number of likely N-dealkylation sites (tertiary alicyclic amines) is 1. The summed E-state index contributed by atoms with van der Waals surface area (Å²) in [6, 6.07) is 3.71. The predicted octanol–water partition coefficient (Wildman–Crippen LogP) is 1.90. The lowest BCUT2D eigenvalue weighted by atomic mass is 10.3. The SMILES string of the molecule is CC(C)Oc1ncccc1NCC(=O)N1CCCC1. The van der Waals surface area contributed by atoms with E-state index in [2.05, 4.69) is 10.3 Å². The molecule has 104 valence electrons. The number of hydrogen-bond acceptors (Lipinski definition) is 4. The van der Waals surface area contributed by atoms with E-state index in [0.29, 0.717) is 12.4 Å². The van der Waals surface area contributed by atoms with Crippen LogP contribution in [-0.2, 0) is 4.79 Å². The lowest BCUT2D eigenvalue weighted by Crippen LogP contribution is -2.33. The molecule has 19 heavy (non-hydrogen) atoms. The van der Waals surface area contributed by atoms with Gasteiger partial charge in [0.05, 0.1) is 18.3 Å². The summed E-state index contributed by atoms with van der Waals surface area (Å²) >= 11 is 0. The van der Waals surface area contributed by atoms with Gasteiger partial charge in [-0.15, -0.1) is 0 Å². The Bertz CT molecular complexity index is 428. The van der Waals surface area contributed by atoms with E-state index in [0.717, 1.165) is 31.6 Å². The Morgan fingerprint density at radius 1 is 1.47 bits per heavy atom. The van der Waals surface area contributed by atoms with Crippen molar-refractivity contribution < 1.29 is 9.53 Å². The third-order valence-corrected chi connectivity index (χ3v) is 3.01. The number of carbonyl (C=O) groups excluding carboxylic acids is 1. The first-order valence-electron chi connectivity index (χ1n) is 6.80. The van der Waals surface area contributed by atoms with Crippen molar-refractivity contribution in [3.05, 3.63) is 18.3 Å². The third-order valence-electron chi connectivity index (χ3n) is 3.01. The molecular weight excluding hydrogens is 242 g/mol. The van der Waals surface area contributed by atoms with Crippen molar-refractivity contribution in [1.82, 2.24) is 9.88 Å². The zero-order valence-electron chi connectivity index (χ0n) is 11.6. The largest absolute Gasteiger partial charge is 0.473 e. The van der Waals surface area contributed by atoms with E-state index in [1.54, 1.807) is 6.20 Å². The normalized spacial score (nSPS) is 14.8. The number of nitrogens with zero attached hydrogens (tertiary/aromatic N) is 2. The molecule has 0 aliphatic carbocycles. The maximum absolute atomic E-state index is 12.0. The standard InChI is InChI=1S/C14H21N3O2/c1-11(2)19-14-12(6-5-7-15-14)16-10-13(18)17-8-3-4-9-17/h5-7,11,16H,3-4,8-10H2,1-2H3. The van der Waals surface area contributed by atoms with Gasteiger partial charge in [-0.05, 0) is 38.8 Å². The molecule has 1 aromatic rings. The minimum atomic E-state index is 0.0599. The smallest absolute Gasteiger partial charge is 0.241 e. The summed E-state index contributed by atoms with van der Waals surface area (Å²) in [6.07, 6.45) is 3.97. The number of amides is 1. The molecule has 5 nitrogen and oxygen atoms in total. The van der Waals surface area contributed by atoms with Gasteiger partial charge < -0.3 is 15.0 Å². The van der Waals surface area contributed by atoms with E-state index < -0.39 is 0 Å². The molecule has 1 aliphatic heterocycles. The van der Waals surface area contributed by atoms with Gasteiger partial charge in [0.1, 0.15) is 0 Å². The van der Waals surface area contributed by atoms with Crippen molar-refractivity contribution in [3.8, 4) is 5.88 Å². The molecule has 0 aromatic carbocycles. The van der Waals surface area contributed by atoms with Crippen LogP contribution in [0.15, 0.2) is 18.3 Å². The fourth-order valence-corrected chi connectivity index (χ4v) is 2.09. The Hall–Kier alpha value is -1.78. The monoisotopic (exact) mass is 263 g/mol. The highest BCUT2D eigenvalue weighted by atomic mass is 16.5.